The first kappa shape index (κ1) is 21.3. The Kier molecular flexibility index (Phi) is 5.91. The van der Waals surface area contributed by atoms with Gasteiger partial charge >= 0.3 is 0 Å². The minimum Gasteiger partial charge on any atom is -0.477 e. The van der Waals surface area contributed by atoms with Gasteiger partial charge in [-0.3, -0.25) is 4.79 Å². The number of amides is 1. The van der Waals surface area contributed by atoms with Gasteiger partial charge < -0.3 is 24.8 Å². The van der Waals surface area contributed by atoms with E-state index in [4.69, 9.17) is 4.74 Å². The number of carbonyl (C=O) groups is 1. The maximum absolute atomic E-state index is 13.3. The number of anilines is 2. The number of piperazine rings is 1. The molecule has 1 saturated heterocycles. The van der Waals surface area contributed by atoms with E-state index < -0.39 is 0 Å². The van der Waals surface area contributed by atoms with Crippen LogP contribution >= 0.6 is 0 Å². The van der Waals surface area contributed by atoms with Crippen molar-refractivity contribution < 1.29 is 9.53 Å². The molecule has 1 fully saturated rings. The smallest absolute Gasteiger partial charge is 0.262 e. The van der Waals surface area contributed by atoms with Gasteiger partial charge in [-0.05, 0) is 44.9 Å². The zero-order valence-corrected chi connectivity index (χ0v) is 18.9. The molecule has 33 heavy (non-hydrogen) atoms. The van der Waals surface area contributed by atoms with Crippen molar-refractivity contribution in [3.8, 4) is 17.4 Å². The molecule has 10 nitrogen and oxygen atoms in total. The molecule has 5 heterocycles. The molecule has 5 rings (SSSR count). The highest BCUT2D eigenvalue weighted by Crippen LogP contribution is 2.27. The zero-order valence-electron chi connectivity index (χ0n) is 18.9. The highest BCUT2D eigenvalue weighted by atomic mass is 16.5. The molecule has 0 aromatic carbocycles. The summed E-state index contributed by atoms with van der Waals surface area (Å²) in [6.45, 7) is 7.33. The van der Waals surface area contributed by atoms with Crippen LogP contribution in [-0.2, 0) is 0 Å². The number of ether oxygens (including phenoxy) is 1. The minimum absolute atomic E-state index is 0.172. The van der Waals surface area contributed by atoms with Crippen LogP contribution in [0.5, 0.6) is 5.88 Å². The van der Waals surface area contributed by atoms with Crippen molar-refractivity contribution in [2.75, 3.05) is 36.5 Å². The molecule has 3 aromatic heterocycles. The van der Waals surface area contributed by atoms with E-state index in [9.17, 15) is 4.79 Å². The molecule has 0 radical (unpaired) electrons. The average molecular weight is 449 g/mol. The van der Waals surface area contributed by atoms with Gasteiger partial charge in [0.2, 0.25) is 5.88 Å². The molecule has 2 aliphatic rings. The van der Waals surface area contributed by atoms with Crippen molar-refractivity contribution in [3.05, 3.63) is 42.4 Å². The zero-order chi connectivity index (χ0) is 22.8. The van der Waals surface area contributed by atoms with Crippen LogP contribution in [-0.4, -0.2) is 62.9 Å². The lowest BCUT2D eigenvalue weighted by molar-refractivity contribution is 0.102. The van der Waals surface area contributed by atoms with Gasteiger partial charge in [0.1, 0.15) is 23.4 Å². The summed E-state index contributed by atoms with van der Waals surface area (Å²) in [5, 5.41) is 14.7. The van der Waals surface area contributed by atoms with Gasteiger partial charge in [-0.1, -0.05) is 6.07 Å². The van der Waals surface area contributed by atoms with Crippen LogP contribution < -0.4 is 20.3 Å². The first-order chi connectivity index (χ1) is 16.1. The number of nitrogens with one attached hydrogen (secondary N) is 2. The van der Waals surface area contributed by atoms with Crippen molar-refractivity contribution in [3.63, 3.8) is 0 Å². The Morgan fingerprint density at radius 2 is 2.15 bits per heavy atom. The normalized spacial score (nSPS) is 21.3. The van der Waals surface area contributed by atoms with Crippen LogP contribution in [0, 0.1) is 0 Å². The van der Waals surface area contributed by atoms with Gasteiger partial charge in [-0.2, -0.15) is 0 Å². The largest absolute Gasteiger partial charge is 0.477 e. The molecular weight excluding hydrogens is 420 g/mol. The number of hydrogen-bond donors (Lipinski definition) is 2. The molecule has 10 heteroatoms. The number of nitrogens with zero attached hydrogens (tertiary/aromatic N) is 6. The van der Waals surface area contributed by atoms with Crippen molar-refractivity contribution in [2.24, 2.45) is 0 Å². The molecule has 0 saturated carbocycles. The van der Waals surface area contributed by atoms with Gasteiger partial charge in [0.25, 0.3) is 5.91 Å². The first-order valence-corrected chi connectivity index (χ1v) is 11.4. The maximum Gasteiger partial charge on any atom is 0.262 e. The Hall–Kier alpha value is -3.53. The van der Waals surface area contributed by atoms with Crippen LogP contribution in [0.3, 0.4) is 0 Å². The fourth-order valence-corrected chi connectivity index (χ4v) is 4.31. The monoisotopic (exact) mass is 448 g/mol. The third-order valence-corrected chi connectivity index (χ3v) is 6.09. The molecule has 2 unspecified atom stereocenters. The maximum atomic E-state index is 13.3. The molecule has 2 aliphatic heterocycles. The predicted molar refractivity (Wildman–Crippen MR) is 125 cm³/mol. The first-order valence-electron chi connectivity index (χ1n) is 11.4. The number of pyridine rings is 2. The topological polar surface area (TPSA) is 110 Å². The lowest BCUT2D eigenvalue weighted by atomic mass is 10.1. The number of fused-ring (bicyclic) bond motifs is 5. The summed E-state index contributed by atoms with van der Waals surface area (Å²) in [5.74, 6) is 1.14. The van der Waals surface area contributed by atoms with Crippen molar-refractivity contribution in [1.82, 2.24) is 30.0 Å². The van der Waals surface area contributed by atoms with E-state index in [1.807, 2.05) is 22.8 Å². The van der Waals surface area contributed by atoms with Gasteiger partial charge in [0, 0.05) is 31.7 Å². The summed E-state index contributed by atoms with van der Waals surface area (Å²) in [6.07, 6.45) is 5.17. The lowest BCUT2D eigenvalue weighted by Crippen LogP contribution is -2.49. The molecule has 3 aromatic rings. The van der Waals surface area contributed by atoms with Crippen molar-refractivity contribution >= 4 is 17.4 Å². The van der Waals surface area contributed by atoms with Crippen LogP contribution in [0.2, 0.25) is 0 Å². The fraction of sp³-hybridized carbons (Fsp3) is 0.435. The Balaban J connectivity index is 1.50. The Bertz CT molecular complexity index is 1150. The Morgan fingerprint density at radius 1 is 1.24 bits per heavy atom. The van der Waals surface area contributed by atoms with Gasteiger partial charge in [-0.15, -0.1) is 10.2 Å². The number of hydrogen-bond acceptors (Lipinski definition) is 8. The second kappa shape index (κ2) is 9.14. The molecular formula is C23H28N8O2. The van der Waals surface area contributed by atoms with Gasteiger partial charge in [0.15, 0.2) is 5.82 Å². The van der Waals surface area contributed by atoms with Gasteiger partial charge in [-0.25, -0.2) is 9.97 Å². The molecule has 2 bridgehead atoms. The molecule has 0 aliphatic carbocycles. The molecule has 172 valence electrons. The van der Waals surface area contributed by atoms with E-state index in [1.54, 1.807) is 18.6 Å². The van der Waals surface area contributed by atoms with Crippen LogP contribution in [0.15, 0.2) is 36.8 Å². The highest BCUT2D eigenvalue weighted by molar-refractivity contribution is 6.06. The van der Waals surface area contributed by atoms with Crippen molar-refractivity contribution in [1.29, 1.82) is 0 Å². The molecule has 2 atom stereocenters. The molecule has 2 N–H and O–H groups in total. The van der Waals surface area contributed by atoms with Crippen molar-refractivity contribution in [2.45, 2.75) is 38.8 Å². The second-order valence-electron chi connectivity index (χ2n) is 8.61. The number of rotatable bonds is 1. The standard InChI is InChI=1S/C23H28N8O2/c1-15-13-30(9-8-24-15)17-11-18-22(32)28-20-7-3-6-19(27-20)21-29-26-14-31(21)16(2)5-4-10-33-23(18)25-12-17/h3,6-7,11-12,14-16,24H,4-5,8-10,13H2,1-2H3,(H,27,28,32). The van der Waals surface area contributed by atoms with E-state index in [0.717, 1.165) is 38.2 Å². The number of aromatic nitrogens is 5. The summed E-state index contributed by atoms with van der Waals surface area (Å²) in [4.78, 5) is 24.7. The lowest BCUT2D eigenvalue weighted by Gasteiger charge is -2.33. The minimum atomic E-state index is -0.306. The third-order valence-electron chi connectivity index (χ3n) is 6.09. The summed E-state index contributed by atoms with van der Waals surface area (Å²) < 4.78 is 7.98. The van der Waals surface area contributed by atoms with Crippen LogP contribution in [0.4, 0.5) is 11.5 Å². The Morgan fingerprint density at radius 3 is 3.03 bits per heavy atom. The van der Waals surface area contributed by atoms with E-state index in [2.05, 4.69) is 49.5 Å². The Labute approximate surface area is 192 Å². The third kappa shape index (κ3) is 4.51. The number of carbonyl (C=O) groups excluding carboxylic acids is 1. The van der Waals surface area contributed by atoms with E-state index >= 15 is 0 Å². The summed E-state index contributed by atoms with van der Waals surface area (Å²) in [5.41, 5.74) is 1.97. The highest BCUT2D eigenvalue weighted by Gasteiger charge is 2.22. The average Bonchev–Trinajstić information content (AvgIpc) is 3.32. The van der Waals surface area contributed by atoms with Crippen LogP contribution in [0.1, 0.15) is 43.1 Å². The van der Waals surface area contributed by atoms with E-state index in [1.165, 1.54) is 0 Å². The summed E-state index contributed by atoms with van der Waals surface area (Å²) in [7, 11) is 0. The quantitative estimate of drug-likeness (QED) is 0.584. The summed E-state index contributed by atoms with van der Waals surface area (Å²) >= 11 is 0. The van der Waals surface area contributed by atoms with E-state index in [0.29, 0.717) is 41.4 Å². The predicted octanol–water partition coefficient (Wildman–Crippen LogP) is 2.52. The van der Waals surface area contributed by atoms with E-state index in [-0.39, 0.29) is 11.9 Å². The fourth-order valence-electron chi connectivity index (χ4n) is 4.31. The molecule has 1 amide bonds. The van der Waals surface area contributed by atoms with Gasteiger partial charge in [0.05, 0.1) is 18.5 Å². The van der Waals surface area contributed by atoms with Crippen LogP contribution in [0.25, 0.3) is 11.5 Å². The SMILES string of the molecule is CC1CN(c2cnc3c(c2)C(=O)Nc2cccc(n2)-c2nncn2C(C)CCCO3)CCN1. The second-order valence-corrected chi connectivity index (χ2v) is 8.61. The summed E-state index contributed by atoms with van der Waals surface area (Å²) in [6, 6.07) is 7.89. The molecule has 0 spiro atoms.